The van der Waals surface area contributed by atoms with Crippen LogP contribution in [0, 0.1) is 0 Å². The summed E-state index contributed by atoms with van der Waals surface area (Å²) in [5.74, 6) is 0.786. The van der Waals surface area contributed by atoms with Gasteiger partial charge >= 0.3 is 0 Å². The van der Waals surface area contributed by atoms with Crippen molar-refractivity contribution in [2.75, 3.05) is 13.7 Å². The molecule has 0 amide bonds. The van der Waals surface area contributed by atoms with Gasteiger partial charge in [-0.25, -0.2) is 0 Å². The summed E-state index contributed by atoms with van der Waals surface area (Å²) in [5, 5.41) is 0. The highest BCUT2D eigenvalue weighted by molar-refractivity contribution is 6.07. The first kappa shape index (κ1) is 13.0. The van der Waals surface area contributed by atoms with E-state index in [-0.39, 0.29) is 5.78 Å². The molecule has 0 aliphatic rings. The number of rotatable bonds is 6. The number of carbonyl (C=O) groups excluding carboxylic acids is 2. The van der Waals surface area contributed by atoms with Gasteiger partial charge in [0.2, 0.25) is 0 Å². The smallest absolute Gasteiger partial charge is 0.189 e. The van der Waals surface area contributed by atoms with E-state index >= 15 is 0 Å². The molecule has 0 heterocycles. The molecule has 0 unspecified atom stereocenters. The first-order chi connectivity index (χ1) is 8.22. The SMILES string of the molecule is CCOc1ccc(C(=O)C=CC=O)c(OC)c1. The van der Waals surface area contributed by atoms with E-state index < -0.39 is 0 Å². The van der Waals surface area contributed by atoms with Gasteiger partial charge in [0.1, 0.15) is 17.8 Å². The van der Waals surface area contributed by atoms with Gasteiger partial charge in [-0.2, -0.15) is 0 Å². The Morgan fingerprint density at radius 1 is 1.41 bits per heavy atom. The van der Waals surface area contributed by atoms with E-state index in [9.17, 15) is 9.59 Å². The Kier molecular flexibility index (Phi) is 4.94. The van der Waals surface area contributed by atoms with Crippen LogP contribution in [0.3, 0.4) is 0 Å². The molecule has 4 nitrogen and oxygen atoms in total. The molecule has 1 rings (SSSR count). The number of ether oxygens (including phenoxy) is 2. The molecule has 0 aromatic heterocycles. The number of hydrogen-bond donors (Lipinski definition) is 0. The maximum atomic E-state index is 11.7. The number of aldehydes is 1. The fourth-order valence-electron chi connectivity index (χ4n) is 1.35. The highest BCUT2D eigenvalue weighted by Crippen LogP contribution is 2.25. The Morgan fingerprint density at radius 3 is 2.76 bits per heavy atom. The summed E-state index contributed by atoms with van der Waals surface area (Å²) in [4.78, 5) is 21.8. The first-order valence-corrected chi connectivity index (χ1v) is 5.20. The second-order valence-corrected chi connectivity index (χ2v) is 3.15. The summed E-state index contributed by atoms with van der Waals surface area (Å²) in [6, 6.07) is 4.95. The van der Waals surface area contributed by atoms with Gasteiger partial charge in [-0.05, 0) is 31.2 Å². The van der Waals surface area contributed by atoms with Crippen molar-refractivity contribution < 1.29 is 19.1 Å². The number of hydrogen-bond acceptors (Lipinski definition) is 4. The molecule has 4 heteroatoms. The van der Waals surface area contributed by atoms with E-state index in [0.29, 0.717) is 30.0 Å². The van der Waals surface area contributed by atoms with Gasteiger partial charge in [-0.1, -0.05) is 0 Å². The second-order valence-electron chi connectivity index (χ2n) is 3.15. The summed E-state index contributed by atoms with van der Waals surface area (Å²) in [5.41, 5.74) is 0.397. The largest absolute Gasteiger partial charge is 0.496 e. The molecular weight excluding hydrogens is 220 g/mol. The topological polar surface area (TPSA) is 52.6 Å². The third-order valence-electron chi connectivity index (χ3n) is 2.08. The molecule has 0 aliphatic heterocycles. The quantitative estimate of drug-likeness (QED) is 0.429. The van der Waals surface area contributed by atoms with Crippen LogP contribution in [0.4, 0.5) is 0 Å². The molecule has 0 saturated heterocycles. The lowest BCUT2D eigenvalue weighted by Gasteiger charge is -2.08. The molecule has 0 bridgehead atoms. The summed E-state index contributed by atoms with van der Waals surface area (Å²) in [6.07, 6.45) is 2.91. The fourth-order valence-corrected chi connectivity index (χ4v) is 1.35. The van der Waals surface area contributed by atoms with Gasteiger partial charge in [0.15, 0.2) is 5.78 Å². The van der Waals surface area contributed by atoms with Crippen molar-refractivity contribution in [1.82, 2.24) is 0 Å². The molecule has 1 aromatic rings. The molecule has 0 spiro atoms. The van der Waals surface area contributed by atoms with Crippen molar-refractivity contribution in [3.63, 3.8) is 0 Å². The minimum Gasteiger partial charge on any atom is -0.496 e. The fraction of sp³-hybridized carbons (Fsp3) is 0.231. The van der Waals surface area contributed by atoms with E-state index in [4.69, 9.17) is 9.47 Å². The standard InChI is InChI=1S/C13H14O4/c1-3-17-10-6-7-11(13(9-10)16-2)12(15)5-4-8-14/h4-9H,3H2,1-2H3. The van der Waals surface area contributed by atoms with Crippen LogP contribution < -0.4 is 9.47 Å². The third kappa shape index (κ3) is 3.45. The van der Waals surface area contributed by atoms with Gasteiger partial charge in [0, 0.05) is 6.07 Å². The Labute approximate surface area is 99.8 Å². The molecule has 1 aromatic carbocycles. The highest BCUT2D eigenvalue weighted by Gasteiger charge is 2.10. The summed E-state index contributed by atoms with van der Waals surface area (Å²) >= 11 is 0. The Hall–Kier alpha value is -2.10. The molecule has 0 aliphatic carbocycles. The molecular formula is C13H14O4. The highest BCUT2D eigenvalue weighted by atomic mass is 16.5. The van der Waals surface area contributed by atoms with Crippen LogP contribution in [0.1, 0.15) is 17.3 Å². The number of ketones is 1. The normalized spacial score (nSPS) is 10.2. The van der Waals surface area contributed by atoms with Crippen molar-refractivity contribution in [2.24, 2.45) is 0 Å². The van der Waals surface area contributed by atoms with Crippen molar-refractivity contribution >= 4 is 12.1 Å². The number of methoxy groups -OCH3 is 1. The number of carbonyl (C=O) groups is 2. The third-order valence-corrected chi connectivity index (χ3v) is 2.08. The average Bonchev–Trinajstić information content (AvgIpc) is 2.36. The van der Waals surface area contributed by atoms with E-state index in [0.717, 1.165) is 6.08 Å². The summed E-state index contributed by atoms with van der Waals surface area (Å²) < 4.78 is 10.4. The zero-order valence-corrected chi connectivity index (χ0v) is 9.80. The van der Waals surface area contributed by atoms with Crippen LogP contribution in [-0.4, -0.2) is 25.8 Å². The van der Waals surface area contributed by atoms with Crippen LogP contribution in [0.15, 0.2) is 30.4 Å². The predicted octanol–water partition coefficient (Wildman–Crippen LogP) is 2.03. The van der Waals surface area contributed by atoms with Crippen molar-refractivity contribution in [2.45, 2.75) is 6.92 Å². The van der Waals surface area contributed by atoms with Gasteiger partial charge in [0.25, 0.3) is 0 Å². The maximum absolute atomic E-state index is 11.7. The molecule has 0 saturated carbocycles. The maximum Gasteiger partial charge on any atom is 0.189 e. The monoisotopic (exact) mass is 234 g/mol. The van der Waals surface area contributed by atoms with Gasteiger partial charge in [0.05, 0.1) is 19.3 Å². The zero-order chi connectivity index (χ0) is 12.7. The molecule has 0 N–H and O–H groups in total. The van der Waals surface area contributed by atoms with Crippen molar-refractivity contribution in [3.05, 3.63) is 35.9 Å². The lowest BCUT2D eigenvalue weighted by molar-refractivity contribution is -0.104. The first-order valence-electron chi connectivity index (χ1n) is 5.20. The minimum absolute atomic E-state index is 0.281. The van der Waals surface area contributed by atoms with Crippen LogP contribution in [0.25, 0.3) is 0 Å². The molecule has 90 valence electrons. The van der Waals surface area contributed by atoms with Crippen LogP contribution in [-0.2, 0) is 4.79 Å². The van der Waals surface area contributed by atoms with Crippen LogP contribution in [0.5, 0.6) is 11.5 Å². The molecule has 0 fully saturated rings. The van der Waals surface area contributed by atoms with Gasteiger partial charge in [-0.3, -0.25) is 9.59 Å². The Bertz CT molecular complexity index is 435. The van der Waals surface area contributed by atoms with Crippen molar-refractivity contribution in [3.8, 4) is 11.5 Å². The van der Waals surface area contributed by atoms with E-state index in [1.165, 1.54) is 13.2 Å². The lowest BCUT2D eigenvalue weighted by Crippen LogP contribution is -2.00. The van der Waals surface area contributed by atoms with E-state index in [2.05, 4.69) is 0 Å². The van der Waals surface area contributed by atoms with Gasteiger partial charge < -0.3 is 9.47 Å². The predicted molar refractivity (Wildman–Crippen MR) is 63.7 cm³/mol. The van der Waals surface area contributed by atoms with Crippen LogP contribution in [0.2, 0.25) is 0 Å². The molecule has 17 heavy (non-hydrogen) atoms. The minimum atomic E-state index is -0.281. The molecule has 0 atom stereocenters. The van der Waals surface area contributed by atoms with Crippen LogP contribution >= 0.6 is 0 Å². The Morgan fingerprint density at radius 2 is 2.18 bits per heavy atom. The lowest BCUT2D eigenvalue weighted by atomic mass is 10.1. The summed E-state index contributed by atoms with van der Waals surface area (Å²) in [6.45, 7) is 2.42. The second kappa shape index (κ2) is 6.48. The Balaban J connectivity index is 3.03. The molecule has 0 radical (unpaired) electrons. The average molecular weight is 234 g/mol. The zero-order valence-electron chi connectivity index (χ0n) is 9.80. The number of benzene rings is 1. The number of allylic oxidation sites excluding steroid dienone is 2. The van der Waals surface area contributed by atoms with E-state index in [1.807, 2.05) is 6.92 Å². The van der Waals surface area contributed by atoms with Crippen molar-refractivity contribution in [1.29, 1.82) is 0 Å². The van der Waals surface area contributed by atoms with Gasteiger partial charge in [-0.15, -0.1) is 0 Å². The van der Waals surface area contributed by atoms with E-state index in [1.54, 1.807) is 18.2 Å². The summed E-state index contributed by atoms with van der Waals surface area (Å²) in [7, 11) is 1.48.